The van der Waals surface area contributed by atoms with E-state index < -0.39 is 0 Å². The smallest absolute Gasteiger partial charge is 0.262 e. The maximum absolute atomic E-state index is 12.3. The predicted octanol–water partition coefficient (Wildman–Crippen LogP) is 5.78. The summed E-state index contributed by atoms with van der Waals surface area (Å²) in [6.45, 7) is 3.83. The second-order valence-electron chi connectivity index (χ2n) is 6.74. The maximum Gasteiger partial charge on any atom is 0.262 e. The van der Waals surface area contributed by atoms with Crippen LogP contribution in [-0.2, 0) is 4.79 Å². The molecule has 0 spiro atoms. The third-order valence-electron chi connectivity index (χ3n) is 4.53. The first-order chi connectivity index (χ1) is 14.0. The molecule has 3 aromatic carbocycles. The molecule has 1 amide bonds. The van der Waals surface area contributed by atoms with Gasteiger partial charge in [-0.1, -0.05) is 41.9 Å². The molecule has 4 rings (SSSR count). The minimum atomic E-state index is -0.252. The fraction of sp³-hybridized carbons (Fsp3) is 0.130. The Morgan fingerprint density at radius 3 is 2.59 bits per heavy atom. The van der Waals surface area contributed by atoms with Crippen molar-refractivity contribution < 1.29 is 13.9 Å². The lowest BCUT2D eigenvalue weighted by molar-refractivity contribution is -0.118. The molecule has 0 radical (unpaired) electrons. The van der Waals surface area contributed by atoms with E-state index in [1.165, 1.54) is 0 Å². The number of aryl methyl sites for hydroxylation is 2. The van der Waals surface area contributed by atoms with Crippen LogP contribution in [-0.4, -0.2) is 17.5 Å². The van der Waals surface area contributed by atoms with Gasteiger partial charge in [0.1, 0.15) is 11.3 Å². The highest BCUT2D eigenvalue weighted by Gasteiger charge is 2.13. The Kier molecular flexibility index (Phi) is 5.23. The van der Waals surface area contributed by atoms with E-state index in [4.69, 9.17) is 20.8 Å². The standard InChI is InChI=1S/C23H19ClN2O3/c1-14-6-5-7-15(2)22(14)28-13-21(27)25-16-10-11-19-20(12-16)29-23(26-19)17-8-3-4-9-18(17)24/h3-12H,13H2,1-2H3,(H,25,27). The molecule has 0 unspecified atom stereocenters. The molecule has 0 aliphatic carbocycles. The largest absolute Gasteiger partial charge is 0.483 e. The fourth-order valence-corrected chi connectivity index (χ4v) is 3.33. The second kappa shape index (κ2) is 7.97. The molecule has 0 aliphatic rings. The number of carbonyl (C=O) groups is 1. The molecule has 29 heavy (non-hydrogen) atoms. The van der Waals surface area contributed by atoms with E-state index >= 15 is 0 Å². The van der Waals surface area contributed by atoms with Gasteiger partial charge in [-0.15, -0.1) is 0 Å². The summed E-state index contributed by atoms with van der Waals surface area (Å²) in [7, 11) is 0. The van der Waals surface area contributed by atoms with Gasteiger partial charge in [-0.2, -0.15) is 0 Å². The number of amides is 1. The Morgan fingerprint density at radius 1 is 1.07 bits per heavy atom. The molecule has 0 saturated carbocycles. The topological polar surface area (TPSA) is 64.4 Å². The van der Waals surface area contributed by atoms with Crippen molar-refractivity contribution in [3.05, 3.63) is 76.8 Å². The molecular weight excluding hydrogens is 388 g/mol. The van der Waals surface area contributed by atoms with Gasteiger partial charge in [0.25, 0.3) is 5.91 Å². The van der Waals surface area contributed by atoms with Gasteiger partial charge in [-0.05, 0) is 49.2 Å². The zero-order valence-corrected chi connectivity index (χ0v) is 16.8. The zero-order valence-electron chi connectivity index (χ0n) is 16.0. The molecule has 0 bridgehead atoms. The third-order valence-corrected chi connectivity index (χ3v) is 4.86. The molecule has 0 atom stereocenters. The van der Waals surface area contributed by atoms with Crippen LogP contribution in [0.1, 0.15) is 11.1 Å². The minimum Gasteiger partial charge on any atom is -0.483 e. The highest BCUT2D eigenvalue weighted by molar-refractivity contribution is 6.33. The summed E-state index contributed by atoms with van der Waals surface area (Å²) in [5.41, 5.74) is 4.56. The third kappa shape index (κ3) is 4.10. The molecule has 146 valence electrons. The highest BCUT2D eigenvalue weighted by atomic mass is 35.5. The Hall–Kier alpha value is -3.31. The van der Waals surface area contributed by atoms with Crippen LogP contribution < -0.4 is 10.1 Å². The first-order valence-electron chi connectivity index (χ1n) is 9.15. The number of halogens is 1. The van der Waals surface area contributed by atoms with Crippen LogP contribution in [0.4, 0.5) is 5.69 Å². The summed E-state index contributed by atoms with van der Waals surface area (Å²) in [5.74, 6) is 0.919. The average Bonchev–Trinajstić information content (AvgIpc) is 3.11. The summed E-state index contributed by atoms with van der Waals surface area (Å²) in [6, 6.07) is 18.5. The van der Waals surface area contributed by atoms with Crippen molar-refractivity contribution >= 4 is 34.3 Å². The summed E-state index contributed by atoms with van der Waals surface area (Å²) < 4.78 is 11.5. The molecule has 6 heteroatoms. The Balaban J connectivity index is 1.48. The van der Waals surface area contributed by atoms with Gasteiger partial charge in [0.15, 0.2) is 12.2 Å². The van der Waals surface area contributed by atoms with Crippen LogP contribution in [0.3, 0.4) is 0 Å². The summed E-state index contributed by atoms with van der Waals surface area (Å²) >= 11 is 6.22. The molecular formula is C23H19ClN2O3. The van der Waals surface area contributed by atoms with Crippen molar-refractivity contribution in [3.8, 4) is 17.2 Å². The monoisotopic (exact) mass is 406 g/mol. The number of benzene rings is 3. The lowest BCUT2D eigenvalue weighted by Gasteiger charge is -2.11. The molecule has 1 aromatic heterocycles. The van der Waals surface area contributed by atoms with Crippen molar-refractivity contribution in [1.82, 2.24) is 4.98 Å². The number of nitrogens with zero attached hydrogens (tertiary/aromatic N) is 1. The van der Waals surface area contributed by atoms with Crippen LogP contribution in [0.15, 0.2) is 65.1 Å². The zero-order chi connectivity index (χ0) is 20.4. The number of carbonyl (C=O) groups excluding carboxylic acids is 1. The van der Waals surface area contributed by atoms with Gasteiger partial charge in [-0.25, -0.2) is 4.98 Å². The van der Waals surface area contributed by atoms with Crippen molar-refractivity contribution in [2.45, 2.75) is 13.8 Å². The SMILES string of the molecule is Cc1cccc(C)c1OCC(=O)Nc1ccc2nc(-c3ccccc3Cl)oc2c1. The number of fused-ring (bicyclic) bond motifs is 1. The van der Waals surface area contributed by atoms with Crippen molar-refractivity contribution in [1.29, 1.82) is 0 Å². The molecule has 0 saturated heterocycles. The number of hydrogen-bond donors (Lipinski definition) is 1. The molecule has 0 aliphatic heterocycles. The normalized spacial score (nSPS) is 10.9. The van der Waals surface area contributed by atoms with Gasteiger partial charge in [0, 0.05) is 11.8 Å². The van der Waals surface area contributed by atoms with Gasteiger partial charge in [0.05, 0.1) is 10.6 Å². The lowest BCUT2D eigenvalue weighted by Crippen LogP contribution is -2.20. The quantitative estimate of drug-likeness (QED) is 0.456. The van der Waals surface area contributed by atoms with Crippen LogP contribution in [0.5, 0.6) is 5.75 Å². The van der Waals surface area contributed by atoms with E-state index in [-0.39, 0.29) is 12.5 Å². The first kappa shape index (κ1) is 19.0. The number of nitrogens with one attached hydrogen (secondary N) is 1. The predicted molar refractivity (Wildman–Crippen MR) is 114 cm³/mol. The summed E-state index contributed by atoms with van der Waals surface area (Å²) in [4.78, 5) is 16.8. The number of oxazole rings is 1. The van der Waals surface area contributed by atoms with Gasteiger partial charge < -0.3 is 14.5 Å². The van der Waals surface area contributed by atoms with Crippen LogP contribution in [0.2, 0.25) is 5.02 Å². The van der Waals surface area contributed by atoms with Crippen molar-refractivity contribution in [2.24, 2.45) is 0 Å². The van der Waals surface area contributed by atoms with Gasteiger partial charge in [0.2, 0.25) is 5.89 Å². The fourth-order valence-electron chi connectivity index (χ4n) is 3.11. The number of rotatable bonds is 5. The van der Waals surface area contributed by atoms with Crippen molar-refractivity contribution in [2.75, 3.05) is 11.9 Å². The highest BCUT2D eigenvalue weighted by Crippen LogP contribution is 2.30. The maximum atomic E-state index is 12.3. The first-order valence-corrected chi connectivity index (χ1v) is 9.53. The van der Waals surface area contributed by atoms with Crippen LogP contribution in [0, 0.1) is 13.8 Å². The second-order valence-corrected chi connectivity index (χ2v) is 7.15. The minimum absolute atomic E-state index is 0.0784. The number of aromatic nitrogens is 1. The summed E-state index contributed by atoms with van der Waals surface area (Å²) in [6.07, 6.45) is 0. The average molecular weight is 407 g/mol. The van der Waals surface area contributed by atoms with Crippen LogP contribution in [0.25, 0.3) is 22.6 Å². The van der Waals surface area contributed by atoms with Crippen LogP contribution >= 0.6 is 11.6 Å². The molecule has 1 N–H and O–H groups in total. The number of para-hydroxylation sites is 1. The Morgan fingerprint density at radius 2 is 1.83 bits per heavy atom. The molecule has 0 fully saturated rings. The Labute approximate surface area is 173 Å². The van der Waals surface area contributed by atoms with E-state index in [0.717, 1.165) is 22.4 Å². The lowest BCUT2D eigenvalue weighted by atomic mass is 10.1. The summed E-state index contributed by atoms with van der Waals surface area (Å²) in [5, 5.41) is 3.39. The number of anilines is 1. The van der Waals surface area contributed by atoms with E-state index in [0.29, 0.717) is 27.7 Å². The molecule has 1 heterocycles. The van der Waals surface area contributed by atoms with Gasteiger partial charge >= 0.3 is 0 Å². The van der Waals surface area contributed by atoms with Crippen molar-refractivity contribution in [3.63, 3.8) is 0 Å². The van der Waals surface area contributed by atoms with E-state index in [9.17, 15) is 4.79 Å². The van der Waals surface area contributed by atoms with E-state index in [1.807, 2.05) is 50.2 Å². The Bertz CT molecular complexity index is 1180. The van der Waals surface area contributed by atoms with E-state index in [1.54, 1.807) is 24.3 Å². The number of ether oxygens (including phenoxy) is 1. The molecule has 4 aromatic rings. The molecule has 5 nitrogen and oxygen atoms in total. The van der Waals surface area contributed by atoms with E-state index in [2.05, 4.69) is 10.3 Å². The number of hydrogen-bond acceptors (Lipinski definition) is 4. The van der Waals surface area contributed by atoms with Gasteiger partial charge in [-0.3, -0.25) is 4.79 Å².